The summed E-state index contributed by atoms with van der Waals surface area (Å²) in [4.78, 5) is 16.1. The molecular formula is C20H23N3O3. The summed E-state index contributed by atoms with van der Waals surface area (Å²) < 4.78 is 10.9. The first kappa shape index (κ1) is 17.9. The molecule has 1 amide bonds. The SMILES string of the molecule is CCc1noc(CCCC(=O)NCCOc2cccc3ccccc23)n1. The summed E-state index contributed by atoms with van der Waals surface area (Å²) in [6.07, 6.45) is 2.48. The Hall–Kier alpha value is -2.89. The van der Waals surface area contributed by atoms with E-state index in [0.717, 1.165) is 22.9 Å². The normalized spacial score (nSPS) is 10.8. The number of fused-ring (bicyclic) bond motifs is 1. The third kappa shape index (κ3) is 4.81. The van der Waals surface area contributed by atoms with Crippen LogP contribution in [0, 0.1) is 0 Å². The minimum atomic E-state index is 0.00162. The van der Waals surface area contributed by atoms with Gasteiger partial charge in [0.2, 0.25) is 11.8 Å². The minimum absolute atomic E-state index is 0.00162. The van der Waals surface area contributed by atoms with E-state index in [1.54, 1.807) is 0 Å². The van der Waals surface area contributed by atoms with Crippen LogP contribution in [-0.4, -0.2) is 29.2 Å². The highest BCUT2D eigenvalue weighted by atomic mass is 16.5. The highest BCUT2D eigenvalue weighted by Crippen LogP contribution is 2.24. The lowest BCUT2D eigenvalue weighted by Crippen LogP contribution is -2.27. The number of benzene rings is 2. The monoisotopic (exact) mass is 353 g/mol. The summed E-state index contributed by atoms with van der Waals surface area (Å²) >= 11 is 0. The largest absolute Gasteiger partial charge is 0.491 e. The van der Waals surface area contributed by atoms with Gasteiger partial charge in [-0.05, 0) is 17.9 Å². The Balaban J connectivity index is 1.36. The van der Waals surface area contributed by atoms with Gasteiger partial charge in [-0.25, -0.2) is 0 Å². The standard InChI is InChI=1S/C20H23N3O3/c1-2-18-22-20(26-23-18)12-6-11-19(24)21-13-14-25-17-10-5-8-15-7-3-4-9-16(15)17/h3-5,7-10H,2,6,11-14H2,1H3,(H,21,24). The van der Waals surface area contributed by atoms with E-state index in [2.05, 4.69) is 27.6 Å². The van der Waals surface area contributed by atoms with Crippen molar-refractivity contribution in [3.8, 4) is 5.75 Å². The van der Waals surface area contributed by atoms with E-state index < -0.39 is 0 Å². The molecule has 1 heterocycles. The van der Waals surface area contributed by atoms with Crippen molar-refractivity contribution in [1.82, 2.24) is 15.5 Å². The number of nitrogens with zero attached hydrogens (tertiary/aromatic N) is 2. The van der Waals surface area contributed by atoms with Gasteiger partial charge in [-0.2, -0.15) is 4.98 Å². The number of amides is 1. The molecule has 2 aromatic carbocycles. The molecule has 0 fully saturated rings. The van der Waals surface area contributed by atoms with Gasteiger partial charge in [0.1, 0.15) is 12.4 Å². The minimum Gasteiger partial charge on any atom is -0.491 e. The lowest BCUT2D eigenvalue weighted by Gasteiger charge is -2.10. The van der Waals surface area contributed by atoms with Crippen LogP contribution in [-0.2, 0) is 17.6 Å². The Morgan fingerprint density at radius 1 is 1.19 bits per heavy atom. The number of aryl methyl sites for hydroxylation is 2. The second kappa shape index (κ2) is 8.99. The second-order valence-corrected chi connectivity index (χ2v) is 5.99. The van der Waals surface area contributed by atoms with Crippen LogP contribution in [0.15, 0.2) is 47.0 Å². The molecule has 6 nitrogen and oxygen atoms in total. The van der Waals surface area contributed by atoms with Gasteiger partial charge in [0.15, 0.2) is 5.82 Å². The summed E-state index contributed by atoms with van der Waals surface area (Å²) in [5, 5.41) is 8.93. The lowest BCUT2D eigenvalue weighted by atomic mass is 10.1. The number of ether oxygens (including phenoxy) is 1. The number of hydrogen-bond donors (Lipinski definition) is 1. The molecule has 0 aliphatic carbocycles. The third-order valence-electron chi connectivity index (χ3n) is 4.05. The summed E-state index contributed by atoms with van der Waals surface area (Å²) in [5.41, 5.74) is 0. The number of hydrogen-bond acceptors (Lipinski definition) is 5. The highest BCUT2D eigenvalue weighted by molar-refractivity contribution is 5.88. The highest BCUT2D eigenvalue weighted by Gasteiger charge is 2.07. The van der Waals surface area contributed by atoms with E-state index in [4.69, 9.17) is 9.26 Å². The van der Waals surface area contributed by atoms with Crippen LogP contribution in [0.25, 0.3) is 10.8 Å². The molecule has 0 saturated heterocycles. The summed E-state index contributed by atoms with van der Waals surface area (Å²) in [6, 6.07) is 14.0. The van der Waals surface area contributed by atoms with Crippen LogP contribution < -0.4 is 10.1 Å². The summed E-state index contributed by atoms with van der Waals surface area (Å²) in [5.74, 6) is 2.13. The molecule has 0 aliphatic heterocycles. The number of carbonyl (C=O) groups is 1. The van der Waals surface area contributed by atoms with Gasteiger partial charge in [-0.15, -0.1) is 0 Å². The fourth-order valence-corrected chi connectivity index (χ4v) is 2.70. The number of aromatic nitrogens is 2. The molecule has 0 saturated carbocycles. The third-order valence-corrected chi connectivity index (χ3v) is 4.05. The van der Waals surface area contributed by atoms with Gasteiger partial charge in [0.25, 0.3) is 0 Å². The van der Waals surface area contributed by atoms with Gasteiger partial charge >= 0.3 is 0 Å². The molecule has 0 atom stereocenters. The quantitative estimate of drug-likeness (QED) is 0.597. The van der Waals surface area contributed by atoms with Crippen molar-refractivity contribution in [2.24, 2.45) is 0 Å². The Labute approximate surface area is 152 Å². The van der Waals surface area contributed by atoms with Crippen molar-refractivity contribution >= 4 is 16.7 Å². The number of nitrogens with one attached hydrogen (secondary N) is 1. The molecule has 0 bridgehead atoms. The maximum Gasteiger partial charge on any atom is 0.226 e. The zero-order chi connectivity index (χ0) is 18.2. The average Bonchev–Trinajstić information content (AvgIpc) is 3.13. The molecule has 3 aromatic rings. The molecular weight excluding hydrogens is 330 g/mol. The van der Waals surface area contributed by atoms with Crippen LogP contribution in [0.1, 0.15) is 31.5 Å². The van der Waals surface area contributed by atoms with Crippen LogP contribution in [0.4, 0.5) is 0 Å². The van der Waals surface area contributed by atoms with Gasteiger partial charge in [0, 0.05) is 24.6 Å². The molecule has 136 valence electrons. The maximum absolute atomic E-state index is 11.9. The predicted octanol–water partition coefficient (Wildman–Crippen LogP) is 3.30. The van der Waals surface area contributed by atoms with Gasteiger partial charge in [-0.3, -0.25) is 4.79 Å². The van der Waals surface area contributed by atoms with E-state index >= 15 is 0 Å². The van der Waals surface area contributed by atoms with E-state index in [1.807, 2.05) is 37.3 Å². The first-order chi connectivity index (χ1) is 12.8. The van der Waals surface area contributed by atoms with Crippen molar-refractivity contribution in [3.63, 3.8) is 0 Å². The molecule has 3 rings (SSSR count). The molecule has 1 N–H and O–H groups in total. The Bertz CT molecular complexity index is 855. The fourth-order valence-electron chi connectivity index (χ4n) is 2.70. The lowest BCUT2D eigenvalue weighted by molar-refractivity contribution is -0.121. The Kier molecular flexibility index (Phi) is 6.19. The molecule has 0 spiro atoms. The topological polar surface area (TPSA) is 77.2 Å². The first-order valence-corrected chi connectivity index (χ1v) is 8.95. The summed E-state index contributed by atoms with van der Waals surface area (Å²) in [6.45, 7) is 2.88. The summed E-state index contributed by atoms with van der Waals surface area (Å²) in [7, 11) is 0. The van der Waals surface area contributed by atoms with Crippen molar-refractivity contribution in [1.29, 1.82) is 0 Å². The molecule has 0 radical (unpaired) electrons. The van der Waals surface area contributed by atoms with E-state index in [-0.39, 0.29) is 5.91 Å². The number of rotatable bonds is 9. The maximum atomic E-state index is 11.9. The smallest absolute Gasteiger partial charge is 0.226 e. The van der Waals surface area contributed by atoms with Gasteiger partial charge in [-0.1, -0.05) is 48.5 Å². The fraction of sp³-hybridized carbons (Fsp3) is 0.350. The average molecular weight is 353 g/mol. The van der Waals surface area contributed by atoms with Crippen molar-refractivity contribution in [2.75, 3.05) is 13.2 Å². The zero-order valence-corrected chi connectivity index (χ0v) is 14.9. The molecule has 26 heavy (non-hydrogen) atoms. The van der Waals surface area contributed by atoms with Gasteiger partial charge < -0.3 is 14.6 Å². The number of carbonyl (C=O) groups excluding carboxylic acids is 1. The molecule has 6 heteroatoms. The molecule has 1 aromatic heterocycles. The van der Waals surface area contributed by atoms with Gasteiger partial charge in [0.05, 0.1) is 6.54 Å². The van der Waals surface area contributed by atoms with Crippen molar-refractivity contribution < 1.29 is 14.1 Å². The van der Waals surface area contributed by atoms with Crippen LogP contribution in [0.5, 0.6) is 5.75 Å². The molecule has 0 aliphatic rings. The van der Waals surface area contributed by atoms with Crippen molar-refractivity contribution in [2.45, 2.75) is 32.6 Å². The Morgan fingerprint density at radius 3 is 2.88 bits per heavy atom. The second-order valence-electron chi connectivity index (χ2n) is 5.99. The van der Waals surface area contributed by atoms with Crippen LogP contribution >= 0.6 is 0 Å². The zero-order valence-electron chi connectivity index (χ0n) is 14.9. The first-order valence-electron chi connectivity index (χ1n) is 8.95. The van der Waals surface area contributed by atoms with E-state index in [0.29, 0.717) is 44.1 Å². The predicted molar refractivity (Wildman–Crippen MR) is 99.1 cm³/mol. The van der Waals surface area contributed by atoms with Crippen LogP contribution in [0.2, 0.25) is 0 Å². The van der Waals surface area contributed by atoms with Crippen LogP contribution in [0.3, 0.4) is 0 Å². The van der Waals surface area contributed by atoms with E-state index in [1.165, 1.54) is 0 Å². The molecule has 0 unspecified atom stereocenters. The van der Waals surface area contributed by atoms with E-state index in [9.17, 15) is 4.79 Å². The van der Waals surface area contributed by atoms with Crippen molar-refractivity contribution in [3.05, 3.63) is 54.2 Å². The Morgan fingerprint density at radius 2 is 2.04 bits per heavy atom.